The van der Waals surface area contributed by atoms with Gasteiger partial charge in [0.05, 0.1) is 22.7 Å². The Balaban J connectivity index is 1.47. The smallest absolute Gasteiger partial charge is 0.225 e. The van der Waals surface area contributed by atoms with E-state index in [-0.39, 0.29) is 11.8 Å². The molecule has 1 N–H and O–H groups in total. The Morgan fingerprint density at radius 1 is 1.43 bits per heavy atom. The molecule has 1 atom stereocenters. The normalized spacial score (nSPS) is 20.9. The van der Waals surface area contributed by atoms with Crippen molar-refractivity contribution in [2.45, 2.75) is 32.2 Å². The number of amides is 1. The van der Waals surface area contributed by atoms with Crippen molar-refractivity contribution in [2.75, 3.05) is 24.6 Å². The Morgan fingerprint density at radius 3 is 3.09 bits per heavy atom. The Kier molecular flexibility index (Phi) is 3.85. The summed E-state index contributed by atoms with van der Waals surface area (Å²) in [5, 5.41) is 4.13. The van der Waals surface area contributed by atoms with Crippen molar-refractivity contribution in [3.05, 3.63) is 18.2 Å². The molecule has 4 rings (SSSR count). The highest BCUT2D eigenvalue weighted by molar-refractivity contribution is 7.22. The van der Waals surface area contributed by atoms with E-state index in [1.165, 1.54) is 0 Å². The van der Waals surface area contributed by atoms with E-state index in [1.807, 2.05) is 25.1 Å². The molecule has 1 saturated carbocycles. The molecule has 1 aliphatic heterocycles. The van der Waals surface area contributed by atoms with E-state index in [1.54, 1.807) is 11.3 Å². The summed E-state index contributed by atoms with van der Waals surface area (Å²) >= 11 is 1.68. The summed E-state index contributed by atoms with van der Waals surface area (Å²) in [6, 6.07) is 6.46. The summed E-state index contributed by atoms with van der Waals surface area (Å²) in [6.07, 6.45) is 3.20. The third-order valence-electron chi connectivity index (χ3n) is 4.41. The number of rotatable bonds is 5. The lowest BCUT2D eigenvalue weighted by Crippen LogP contribution is -2.34. The first kappa shape index (κ1) is 14.8. The summed E-state index contributed by atoms with van der Waals surface area (Å²) in [5.41, 5.74) is 0.999. The topological polar surface area (TPSA) is 54.5 Å². The van der Waals surface area contributed by atoms with E-state index in [0.717, 1.165) is 53.4 Å². The molecule has 1 unspecified atom stereocenters. The number of benzene rings is 1. The van der Waals surface area contributed by atoms with E-state index in [2.05, 4.69) is 10.2 Å². The quantitative estimate of drug-likeness (QED) is 0.915. The van der Waals surface area contributed by atoms with Crippen LogP contribution in [0.15, 0.2) is 18.2 Å². The molecular formula is C17H21N3O2S. The third-order valence-corrected chi connectivity index (χ3v) is 5.49. The molecule has 2 heterocycles. The molecule has 1 aromatic carbocycles. The molecule has 0 spiro atoms. The van der Waals surface area contributed by atoms with Crippen molar-refractivity contribution >= 4 is 32.6 Å². The van der Waals surface area contributed by atoms with Gasteiger partial charge in [-0.2, -0.15) is 0 Å². The van der Waals surface area contributed by atoms with Crippen LogP contribution in [0, 0.1) is 5.92 Å². The van der Waals surface area contributed by atoms with Gasteiger partial charge in [0.2, 0.25) is 5.91 Å². The first-order valence-electron chi connectivity index (χ1n) is 8.31. The molecule has 0 radical (unpaired) electrons. The van der Waals surface area contributed by atoms with Gasteiger partial charge in [0, 0.05) is 19.1 Å². The Labute approximate surface area is 139 Å². The van der Waals surface area contributed by atoms with Crippen molar-refractivity contribution in [2.24, 2.45) is 5.92 Å². The van der Waals surface area contributed by atoms with Crippen molar-refractivity contribution in [1.82, 2.24) is 10.3 Å². The molecule has 1 saturated heterocycles. The van der Waals surface area contributed by atoms with Crippen LogP contribution >= 0.6 is 11.3 Å². The minimum atomic E-state index is 0.0987. The minimum absolute atomic E-state index is 0.0987. The fraction of sp³-hybridized carbons (Fsp3) is 0.529. The minimum Gasteiger partial charge on any atom is -0.494 e. The first-order chi connectivity index (χ1) is 11.2. The highest BCUT2D eigenvalue weighted by Gasteiger charge is 2.33. The van der Waals surface area contributed by atoms with E-state index in [4.69, 9.17) is 9.72 Å². The molecule has 0 bridgehead atoms. The van der Waals surface area contributed by atoms with Gasteiger partial charge in [-0.15, -0.1) is 0 Å². The predicted octanol–water partition coefficient (Wildman–Crippen LogP) is 2.80. The number of fused-ring (bicyclic) bond motifs is 1. The van der Waals surface area contributed by atoms with E-state index >= 15 is 0 Å². The number of hydrogen-bond acceptors (Lipinski definition) is 5. The summed E-state index contributed by atoms with van der Waals surface area (Å²) in [5.74, 6) is 1.20. The van der Waals surface area contributed by atoms with Gasteiger partial charge in [-0.3, -0.25) is 4.79 Å². The maximum absolute atomic E-state index is 12.2. The summed E-state index contributed by atoms with van der Waals surface area (Å²) in [4.78, 5) is 19.1. The number of carbonyl (C=O) groups is 1. The van der Waals surface area contributed by atoms with E-state index < -0.39 is 0 Å². The maximum atomic E-state index is 12.2. The van der Waals surface area contributed by atoms with Crippen LogP contribution in [-0.4, -0.2) is 36.6 Å². The average Bonchev–Trinajstić information content (AvgIpc) is 3.07. The number of thiazole rings is 1. The average molecular weight is 331 g/mol. The number of anilines is 1. The molecule has 122 valence electrons. The SMILES string of the molecule is CCOc1ccc2nc(N3CCC(C(=O)NC4CC4)C3)sc2c1. The molecule has 1 amide bonds. The summed E-state index contributed by atoms with van der Waals surface area (Å²) < 4.78 is 6.69. The van der Waals surface area contributed by atoms with Gasteiger partial charge >= 0.3 is 0 Å². The van der Waals surface area contributed by atoms with Gasteiger partial charge in [0.1, 0.15) is 5.75 Å². The maximum Gasteiger partial charge on any atom is 0.225 e. The van der Waals surface area contributed by atoms with Gasteiger partial charge in [0.15, 0.2) is 5.13 Å². The standard InChI is InChI=1S/C17H21N3O2S/c1-2-22-13-5-6-14-15(9-13)23-17(19-14)20-8-7-11(10-20)16(21)18-12-3-4-12/h5-6,9,11-12H,2-4,7-8,10H2,1H3,(H,18,21). The van der Waals surface area contributed by atoms with Gasteiger partial charge in [-0.05, 0) is 44.4 Å². The number of aromatic nitrogens is 1. The third kappa shape index (κ3) is 3.13. The molecule has 2 aromatic rings. The molecule has 5 nitrogen and oxygen atoms in total. The van der Waals surface area contributed by atoms with Crippen LogP contribution in [0.5, 0.6) is 5.75 Å². The second kappa shape index (κ2) is 6.00. The fourth-order valence-electron chi connectivity index (χ4n) is 2.98. The van der Waals surface area contributed by atoms with Gasteiger partial charge in [0.25, 0.3) is 0 Å². The Hall–Kier alpha value is -1.82. The highest BCUT2D eigenvalue weighted by atomic mass is 32.1. The lowest BCUT2D eigenvalue weighted by molar-refractivity contribution is -0.124. The fourth-order valence-corrected chi connectivity index (χ4v) is 4.01. The van der Waals surface area contributed by atoms with Crippen molar-refractivity contribution in [1.29, 1.82) is 0 Å². The second-order valence-electron chi connectivity index (χ2n) is 6.27. The van der Waals surface area contributed by atoms with Crippen LogP contribution in [0.2, 0.25) is 0 Å². The zero-order valence-electron chi connectivity index (χ0n) is 13.2. The molecular weight excluding hydrogens is 310 g/mol. The molecule has 1 aromatic heterocycles. The number of nitrogens with one attached hydrogen (secondary N) is 1. The Bertz CT molecular complexity index is 726. The zero-order valence-corrected chi connectivity index (χ0v) is 14.1. The monoisotopic (exact) mass is 331 g/mol. The number of hydrogen-bond donors (Lipinski definition) is 1. The number of carbonyl (C=O) groups excluding carboxylic acids is 1. The van der Waals surface area contributed by atoms with Crippen LogP contribution in [0.3, 0.4) is 0 Å². The van der Waals surface area contributed by atoms with E-state index in [0.29, 0.717) is 12.6 Å². The number of nitrogens with zero attached hydrogens (tertiary/aromatic N) is 2. The second-order valence-corrected chi connectivity index (χ2v) is 7.28. The summed E-state index contributed by atoms with van der Waals surface area (Å²) in [7, 11) is 0. The van der Waals surface area contributed by atoms with Crippen LogP contribution < -0.4 is 15.0 Å². The van der Waals surface area contributed by atoms with Crippen molar-refractivity contribution in [3.63, 3.8) is 0 Å². The van der Waals surface area contributed by atoms with Crippen molar-refractivity contribution < 1.29 is 9.53 Å². The van der Waals surface area contributed by atoms with E-state index in [9.17, 15) is 4.79 Å². The van der Waals surface area contributed by atoms with Gasteiger partial charge in [-0.1, -0.05) is 11.3 Å². The Morgan fingerprint density at radius 2 is 2.30 bits per heavy atom. The van der Waals surface area contributed by atoms with Gasteiger partial charge < -0.3 is 15.0 Å². The molecule has 6 heteroatoms. The zero-order chi connectivity index (χ0) is 15.8. The molecule has 1 aliphatic carbocycles. The van der Waals surface area contributed by atoms with Crippen LogP contribution in [-0.2, 0) is 4.79 Å². The summed E-state index contributed by atoms with van der Waals surface area (Å²) in [6.45, 7) is 4.33. The van der Waals surface area contributed by atoms with Crippen LogP contribution in [0.1, 0.15) is 26.2 Å². The molecule has 23 heavy (non-hydrogen) atoms. The van der Waals surface area contributed by atoms with Crippen molar-refractivity contribution in [3.8, 4) is 5.75 Å². The van der Waals surface area contributed by atoms with Gasteiger partial charge in [-0.25, -0.2) is 4.98 Å². The molecule has 2 aliphatic rings. The number of ether oxygens (including phenoxy) is 1. The predicted molar refractivity (Wildman–Crippen MR) is 92.3 cm³/mol. The largest absolute Gasteiger partial charge is 0.494 e. The first-order valence-corrected chi connectivity index (χ1v) is 9.13. The molecule has 2 fully saturated rings. The highest BCUT2D eigenvalue weighted by Crippen LogP contribution is 2.34. The lowest BCUT2D eigenvalue weighted by atomic mass is 10.1. The van der Waals surface area contributed by atoms with Crippen LogP contribution in [0.4, 0.5) is 5.13 Å². The van der Waals surface area contributed by atoms with Crippen LogP contribution in [0.25, 0.3) is 10.2 Å². The lowest BCUT2D eigenvalue weighted by Gasteiger charge is -2.14.